The van der Waals surface area contributed by atoms with Crippen LogP contribution in [0.3, 0.4) is 0 Å². The van der Waals surface area contributed by atoms with Gasteiger partial charge < -0.3 is 15.0 Å². The van der Waals surface area contributed by atoms with E-state index in [2.05, 4.69) is 5.32 Å². The summed E-state index contributed by atoms with van der Waals surface area (Å²) in [5, 5.41) is 3.71. The summed E-state index contributed by atoms with van der Waals surface area (Å²) in [5.41, 5.74) is 0.542. The number of amides is 1. The van der Waals surface area contributed by atoms with Gasteiger partial charge in [0.25, 0.3) is 5.91 Å². The van der Waals surface area contributed by atoms with Crippen molar-refractivity contribution in [1.29, 1.82) is 0 Å². The topological polar surface area (TPSA) is 41.6 Å². The Balaban J connectivity index is 0.00000200. The van der Waals surface area contributed by atoms with E-state index >= 15 is 0 Å². The minimum atomic E-state index is -0.00190. The van der Waals surface area contributed by atoms with Crippen molar-refractivity contribution in [2.75, 3.05) is 33.8 Å². The van der Waals surface area contributed by atoms with Gasteiger partial charge in [-0.15, -0.1) is 12.4 Å². The first-order valence-electron chi connectivity index (χ1n) is 6.43. The fourth-order valence-electron chi connectivity index (χ4n) is 2.49. The van der Waals surface area contributed by atoms with Crippen molar-refractivity contribution in [3.63, 3.8) is 0 Å². The molecule has 0 spiro atoms. The number of hydrogen-bond acceptors (Lipinski definition) is 3. The number of rotatable bonds is 4. The van der Waals surface area contributed by atoms with Gasteiger partial charge >= 0.3 is 0 Å². The first kappa shape index (κ1) is 17.1. The normalized spacial score (nSPS) is 17.8. The van der Waals surface area contributed by atoms with Crippen molar-refractivity contribution in [1.82, 2.24) is 10.2 Å². The fourth-order valence-corrected chi connectivity index (χ4v) is 2.66. The molecule has 0 aromatic heterocycles. The highest BCUT2D eigenvalue weighted by Crippen LogP contribution is 2.26. The highest BCUT2D eigenvalue weighted by atomic mass is 35.5. The number of carbonyl (C=O) groups is 1. The monoisotopic (exact) mass is 318 g/mol. The molecule has 2 rings (SSSR count). The predicted molar refractivity (Wildman–Crippen MR) is 83.2 cm³/mol. The largest absolute Gasteiger partial charge is 0.496 e. The van der Waals surface area contributed by atoms with Crippen molar-refractivity contribution in [2.24, 2.45) is 5.92 Å². The molecule has 1 N–H and O–H groups in total. The second-order valence-electron chi connectivity index (χ2n) is 4.81. The molecule has 0 radical (unpaired) electrons. The summed E-state index contributed by atoms with van der Waals surface area (Å²) in [5.74, 6) is 1.10. The van der Waals surface area contributed by atoms with Crippen LogP contribution in [0.4, 0.5) is 0 Å². The summed E-state index contributed by atoms with van der Waals surface area (Å²) >= 11 is 5.97. The van der Waals surface area contributed by atoms with Crippen LogP contribution < -0.4 is 10.1 Å². The van der Waals surface area contributed by atoms with Gasteiger partial charge in [0.1, 0.15) is 5.75 Å². The van der Waals surface area contributed by atoms with Crippen LogP contribution in [-0.2, 0) is 0 Å². The first-order valence-corrected chi connectivity index (χ1v) is 6.81. The van der Waals surface area contributed by atoms with Gasteiger partial charge in [-0.05, 0) is 44.1 Å². The molecule has 20 heavy (non-hydrogen) atoms. The Morgan fingerprint density at radius 2 is 2.30 bits per heavy atom. The molecule has 1 aliphatic rings. The molecule has 1 saturated heterocycles. The number of halogens is 2. The van der Waals surface area contributed by atoms with E-state index in [0.29, 0.717) is 22.3 Å². The summed E-state index contributed by atoms with van der Waals surface area (Å²) in [4.78, 5) is 14.4. The summed E-state index contributed by atoms with van der Waals surface area (Å²) in [7, 11) is 3.50. The number of benzene rings is 1. The minimum absolute atomic E-state index is 0. The third kappa shape index (κ3) is 3.78. The van der Waals surface area contributed by atoms with Crippen LogP contribution in [0, 0.1) is 5.92 Å². The lowest BCUT2D eigenvalue weighted by Crippen LogP contribution is -2.30. The predicted octanol–water partition coefficient (Wildman–Crippen LogP) is 2.45. The van der Waals surface area contributed by atoms with Gasteiger partial charge in [-0.1, -0.05) is 11.6 Å². The molecule has 6 heteroatoms. The van der Waals surface area contributed by atoms with E-state index in [9.17, 15) is 4.79 Å². The van der Waals surface area contributed by atoms with Gasteiger partial charge in [0.05, 0.1) is 12.7 Å². The molecule has 112 valence electrons. The lowest BCUT2D eigenvalue weighted by Gasteiger charge is -2.18. The van der Waals surface area contributed by atoms with E-state index in [1.807, 2.05) is 11.9 Å². The molecule has 1 fully saturated rings. The number of ether oxygens (including phenoxy) is 1. The number of carbonyl (C=O) groups excluding carboxylic acids is 1. The van der Waals surface area contributed by atoms with Crippen molar-refractivity contribution in [3.05, 3.63) is 28.8 Å². The SMILES string of the molecule is CNCC1CCN(C(=O)c2cc(Cl)ccc2OC)C1.Cl. The molecule has 0 saturated carbocycles. The maximum absolute atomic E-state index is 12.5. The average Bonchev–Trinajstić information content (AvgIpc) is 2.87. The van der Waals surface area contributed by atoms with E-state index in [0.717, 1.165) is 26.1 Å². The third-order valence-corrected chi connectivity index (χ3v) is 3.69. The number of hydrogen-bond donors (Lipinski definition) is 1. The number of nitrogens with one attached hydrogen (secondary N) is 1. The zero-order valence-electron chi connectivity index (χ0n) is 11.7. The molecule has 1 unspecified atom stereocenters. The van der Waals surface area contributed by atoms with Gasteiger partial charge in [-0.25, -0.2) is 0 Å². The van der Waals surface area contributed by atoms with Crippen LogP contribution in [0.15, 0.2) is 18.2 Å². The summed E-state index contributed by atoms with van der Waals surface area (Å²) < 4.78 is 5.24. The highest BCUT2D eigenvalue weighted by molar-refractivity contribution is 6.31. The first-order chi connectivity index (χ1) is 9.15. The van der Waals surface area contributed by atoms with E-state index in [1.165, 1.54) is 0 Å². The number of nitrogens with zero attached hydrogens (tertiary/aromatic N) is 1. The van der Waals surface area contributed by atoms with Crippen LogP contribution in [0.1, 0.15) is 16.8 Å². The quantitative estimate of drug-likeness (QED) is 0.927. The maximum Gasteiger partial charge on any atom is 0.257 e. The summed E-state index contributed by atoms with van der Waals surface area (Å²) in [6.07, 6.45) is 1.04. The second-order valence-corrected chi connectivity index (χ2v) is 5.24. The average molecular weight is 319 g/mol. The zero-order chi connectivity index (χ0) is 13.8. The van der Waals surface area contributed by atoms with Crippen molar-refractivity contribution >= 4 is 29.9 Å². The van der Waals surface area contributed by atoms with Crippen LogP contribution in [0.25, 0.3) is 0 Å². The van der Waals surface area contributed by atoms with Crippen molar-refractivity contribution in [3.8, 4) is 5.75 Å². The lowest BCUT2D eigenvalue weighted by atomic mass is 10.1. The third-order valence-electron chi connectivity index (χ3n) is 3.46. The molecule has 1 atom stereocenters. The van der Waals surface area contributed by atoms with Crippen LogP contribution in [0.2, 0.25) is 5.02 Å². The van der Waals surface area contributed by atoms with Crippen molar-refractivity contribution in [2.45, 2.75) is 6.42 Å². The summed E-state index contributed by atoms with van der Waals surface area (Å²) in [6.45, 7) is 2.52. The Morgan fingerprint density at radius 1 is 1.55 bits per heavy atom. The molecule has 1 aromatic carbocycles. The zero-order valence-corrected chi connectivity index (χ0v) is 13.3. The fraction of sp³-hybridized carbons (Fsp3) is 0.500. The number of methoxy groups -OCH3 is 1. The van der Waals surface area contributed by atoms with Crippen LogP contribution in [0.5, 0.6) is 5.75 Å². The lowest BCUT2D eigenvalue weighted by molar-refractivity contribution is 0.0784. The summed E-state index contributed by atoms with van der Waals surface area (Å²) in [6, 6.07) is 5.13. The molecule has 4 nitrogen and oxygen atoms in total. The standard InChI is InChI=1S/C14H19ClN2O2.ClH/c1-16-8-10-5-6-17(9-10)14(18)12-7-11(15)3-4-13(12)19-2;/h3-4,7,10,16H,5-6,8-9H2,1-2H3;1H. The second kappa shape index (κ2) is 7.72. The van der Waals surface area contributed by atoms with Gasteiger partial charge in [-0.2, -0.15) is 0 Å². The Kier molecular flexibility index (Phi) is 6.59. The minimum Gasteiger partial charge on any atom is -0.496 e. The van der Waals surface area contributed by atoms with Gasteiger partial charge in [0, 0.05) is 18.1 Å². The van der Waals surface area contributed by atoms with Crippen LogP contribution >= 0.6 is 24.0 Å². The maximum atomic E-state index is 12.5. The smallest absolute Gasteiger partial charge is 0.257 e. The van der Waals surface area contributed by atoms with Crippen LogP contribution in [-0.4, -0.2) is 44.6 Å². The van der Waals surface area contributed by atoms with Crippen molar-refractivity contribution < 1.29 is 9.53 Å². The molecule has 0 aliphatic carbocycles. The van der Waals surface area contributed by atoms with Gasteiger partial charge in [0.15, 0.2) is 0 Å². The van der Waals surface area contributed by atoms with E-state index in [1.54, 1.807) is 25.3 Å². The Morgan fingerprint density at radius 3 is 2.95 bits per heavy atom. The molecular weight excluding hydrogens is 299 g/mol. The molecule has 0 bridgehead atoms. The van der Waals surface area contributed by atoms with Gasteiger partial charge in [-0.3, -0.25) is 4.79 Å². The molecule has 1 amide bonds. The van der Waals surface area contributed by atoms with E-state index in [-0.39, 0.29) is 18.3 Å². The van der Waals surface area contributed by atoms with Gasteiger partial charge in [0.2, 0.25) is 0 Å². The van der Waals surface area contributed by atoms with E-state index in [4.69, 9.17) is 16.3 Å². The molecule has 1 aromatic rings. The Bertz CT molecular complexity index is 468. The van der Waals surface area contributed by atoms with E-state index < -0.39 is 0 Å². The highest BCUT2D eigenvalue weighted by Gasteiger charge is 2.28. The Labute approximate surface area is 130 Å². The molecule has 1 heterocycles. The molecule has 1 aliphatic heterocycles. The molecular formula is C14H20Cl2N2O2. The number of likely N-dealkylation sites (tertiary alicyclic amines) is 1. The Hall–Kier alpha value is -0.970.